The lowest BCUT2D eigenvalue weighted by molar-refractivity contribution is -0.0503. The predicted molar refractivity (Wildman–Crippen MR) is 113 cm³/mol. The quantitative estimate of drug-likeness (QED) is 0.660. The SMILES string of the molecule is Fc1ccc(-c2ccnc(CN3CCN(C4COc5ccccc5O4)CC3)c2)cc1. The first-order chi connectivity index (χ1) is 14.7. The third-order valence-corrected chi connectivity index (χ3v) is 5.69. The summed E-state index contributed by atoms with van der Waals surface area (Å²) in [6.45, 7) is 5.10. The average Bonchev–Trinajstić information content (AvgIpc) is 2.80. The summed E-state index contributed by atoms with van der Waals surface area (Å²) >= 11 is 0. The van der Waals surface area contributed by atoms with Crippen LogP contribution in [0.4, 0.5) is 4.39 Å². The highest BCUT2D eigenvalue weighted by atomic mass is 19.1. The molecule has 0 bridgehead atoms. The van der Waals surface area contributed by atoms with E-state index in [-0.39, 0.29) is 12.0 Å². The Kier molecular flexibility index (Phi) is 5.34. The first-order valence-electron chi connectivity index (χ1n) is 10.3. The first kappa shape index (κ1) is 19.0. The normalized spacial score (nSPS) is 19.6. The zero-order valence-corrected chi connectivity index (χ0v) is 16.7. The number of nitrogens with zero attached hydrogens (tertiary/aromatic N) is 3. The van der Waals surface area contributed by atoms with Crippen molar-refractivity contribution in [1.29, 1.82) is 0 Å². The number of fused-ring (bicyclic) bond motifs is 1. The third kappa shape index (κ3) is 4.15. The van der Waals surface area contributed by atoms with Crippen LogP contribution in [0.3, 0.4) is 0 Å². The van der Waals surface area contributed by atoms with E-state index in [1.54, 1.807) is 12.1 Å². The first-order valence-corrected chi connectivity index (χ1v) is 10.3. The summed E-state index contributed by atoms with van der Waals surface area (Å²) in [7, 11) is 0. The van der Waals surface area contributed by atoms with E-state index in [9.17, 15) is 4.39 Å². The number of aromatic nitrogens is 1. The molecular formula is C24H24FN3O2. The molecule has 1 saturated heterocycles. The molecule has 3 heterocycles. The summed E-state index contributed by atoms with van der Waals surface area (Å²) in [4.78, 5) is 9.29. The van der Waals surface area contributed by atoms with E-state index in [0.717, 1.165) is 61.0 Å². The van der Waals surface area contributed by atoms with E-state index in [1.165, 1.54) is 12.1 Å². The van der Waals surface area contributed by atoms with Crippen molar-refractivity contribution in [3.63, 3.8) is 0 Å². The van der Waals surface area contributed by atoms with Gasteiger partial charge in [0.1, 0.15) is 12.4 Å². The van der Waals surface area contributed by atoms with Gasteiger partial charge in [-0.15, -0.1) is 0 Å². The van der Waals surface area contributed by atoms with Crippen LogP contribution in [0.15, 0.2) is 66.9 Å². The zero-order chi connectivity index (χ0) is 20.3. The fourth-order valence-electron chi connectivity index (χ4n) is 4.01. The summed E-state index contributed by atoms with van der Waals surface area (Å²) < 4.78 is 25.2. The van der Waals surface area contributed by atoms with Crippen molar-refractivity contribution in [2.75, 3.05) is 32.8 Å². The number of hydrogen-bond donors (Lipinski definition) is 0. The Morgan fingerprint density at radius 2 is 1.67 bits per heavy atom. The summed E-state index contributed by atoms with van der Waals surface area (Å²) in [6.07, 6.45) is 1.79. The second-order valence-corrected chi connectivity index (χ2v) is 7.69. The van der Waals surface area contributed by atoms with E-state index in [1.807, 2.05) is 36.5 Å². The topological polar surface area (TPSA) is 37.8 Å². The maximum atomic E-state index is 13.2. The Morgan fingerprint density at radius 3 is 2.47 bits per heavy atom. The minimum absolute atomic E-state index is 0.0398. The lowest BCUT2D eigenvalue weighted by Gasteiger charge is -2.40. The third-order valence-electron chi connectivity index (χ3n) is 5.69. The van der Waals surface area contributed by atoms with Crippen molar-refractivity contribution in [2.45, 2.75) is 12.8 Å². The minimum Gasteiger partial charge on any atom is -0.484 e. The number of benzene rings is 2. The molecule has 30 heavy (non-hydrogen) atoms. The van der Waals surface area contributed by atoms with Gasteiger partial charge in [-0.2, -0.15) is 0 Å². The maximum Gasteiger partial charge on any atom is 0.187 e. The van der Waals surface area contributed by atoms with Gasteiger partial charge in [0.25, 0.3) is 0 Å². The predicted octanol–water partition coefficient (Wildman–Crippen LogP) is 3.80. The molecule has 0 aliphatic carbocycles. The average molecular weight is 405 g/mol. The largest absolute Gasteiger partial charge is 0.484 e. The van der Waals surface area contributed by atoms with Crippen LogP contribution in [-0.2, 0) is 6.54 Å². The summed E-state index contributed by atoms with van der Waals surface area (Å²) in [5, 5.41) is 0. The van der Waals surface area contributed by atoms with Crippen molar-refractivity contribution in [3.05, 3.63) is 78.4 Å². The van der Waals surface area contributed by atoms with Gasteiger partial charge in [0.15, 0.2) is 17.7 Å². The van der Waals surface area contributed by atoms with Gasteiger partial charge < -0.3 is 9.47 Å². The van der Waals surface area contributed by atoms with Crippen LogP contribution in [0.25, 0.3) is 11.1 Å². The second kappa shape index (κ2) is 8.42. The Labute approximate surface area is 175 Å². The molecule has 1 unspecified atom stereocenters. The summed E-state index contributed by atoms with van der Waals surface area (Å²) in [5.74, 6) is 1.42. The number of halogens is 1. The monoisotopic (exact) mass is 405 g/mol. The Morgan fingerprint density at radius 1 is 0.900 bits per heavy atom. The van der Waals surface area contributed by atoms with Gasteiger partial charge in [0.2, 0.25) is 0 Å². The van der Waals surface area contributed by atoms with E-state index < -0.39 is 0 Å². The summed E-state index contributed by atoms with van der Waals surface area (Å²) in [6, 6.07) is 18.5. The Bertz CT molecular complexity index is 1000. The molecule has 1 aromatic heterocycles. The van der Waals surface area contributed by atoms with E-state index in [0.29, 0.717) is 6.61 Å². The summed E-state index contributed by atoms with van der Waals surface area (Å²) in [5.41, 5.74) is 3.08. The zero-order valence-electron chi connectivity index (χ0n) is 16.7. The van der Waals surface area contributed by atoms with Crippen LogP contribution >= 0.6 is 0 Å². The second-order valence-electron chi connectivity index (χ2n) is 7.69. The number of para-hydroxylation sites is 2. The number of rotatable bonds is 4. The van der Waals surface area contributed by atoms with E-state index >= 15 is 0 Å². The molecule has 1 atom stereocenters. The van der Waals surface area contributed by atoms with Crippen molar-refractivity contribution in [1.82, 2.24) is 14.8 Å². The molecule has 5 rings (SSSR count). The van der Waals surface area contributed by atoms with Gasteiger partial charge in [0.05, 0.1) is 5.69 Å². The van der Waals surface area contributed by atoms with Gasteiger partial charge >= 0.3 is 0 Å². The molecule has 0 amide bonds. The van der Waals surface area contributed by atoms with Crippen molar-refractivity contribution < 1.29 is 13.9 Å². The highest BCUT2D eigenvalue weighted by Gasteiger charge is 2.29. The van der Waals surface area contributed by atoms with Gasteiger partial charge in [-0.3, -0.25) is 14.8 Å². The molecule has 2 aromatic carbocycles. The van der Waals surface area contributed by atoms with Crippen LogP contribution in [0, 0.1) is 5.82 Å². The number of pyridine rings is 1. The maximum absolute atomic E-state index is 13.2. The molecule has 0 saturated carbocycles. The van der Waals surface area contributed by atoms with Crippen LogP contribution in [0.1, 0.15) is 5.69 Å². The fourth-order valence-corrected chi connectivity index (χ4v) is 4.01. The van der Waals surface area contributed by atoms with Crippen LogP contribution in [-0.4, -0.2) is 53.8 Å². The van der Waals surface area contributed by atoms with Crippen molar-refractivity contribution in [2.24, 2.45) is 0 Å². The van der Waals surface area contributed by atoms with Gasteiger partial charge in [-0.05, 0) is 47.5 Å². The van der Waals surface area contributed by atoms with Gasteiger partial charge in [0, 0.05) is 38.9 Å². The van der Waals surface area contributed by atoms with Crippen LogP contribution < -0.4 is 9.47 Å². The molecule has 2 aliphatic heterocycles. The molecule has 3 aromatic rings. The highest BCUT2D eigenvalue weighted by molar-refractivity contribution is 5.63. The Balaban J connectivity index is 1.18. The molecule has 154 valence electrons. The van der Waals surface area contributed by atoms with E-state index in [4.69, 9.17) is 9.47 Å². The molecule has 0 radical (unpaired) electrons. The van der Waals surface area contributed by atoms with Gasteiger partial charge in [-0.25, -0.2) is 4.39 Å². The lowest BCUT2D eigenvalue weighted by atomic mass is 10.1. The molecule has 0 spiro atoms. The van der Waals surface area contributed by atoms with E-state index in [2.05, 4.69) is 20.9 Å². The highest BCUT2D eigenvalue weighted by Crippen LogP contribution is 2.32. The molecule has 1 fully saturated rings. The molecule has 6 heteroatoms. The molecule has 5 nitrogen and oxygen atoms in total. The molecule has 0 N–H and O–H groups in total. The van der Waals surface area contributed by atoms with Crippen LogP contribution in [0.5, 0.6) is 11.5 Å². The molecule has 2 aliphatic rings. The van der Waals surface area contributed by atoms with Crippen molar-refractivity contribution >= 4 is 0 Å². The fraction of sp³-hybridized carbons (Fsp3) is 0.292. The molecular weight excluding hydrogens is 381 g/mol. The standard InChI is InChI=1S/C24H24FN3O2/c25-20-7-5-18(6-8-20)19-9-10-26-21(15-19)16-27-11-13-28(14-12-27)24-17-29-22-3-1-2-4-23(22)30-24/h1-10,15,24H,11-14,16-17H2. The lowest BCUT2D eigenvalue weighted by Crippen LogP contribution is -2.54. The number of piperazine rings is 1. The van der Waals surface area contributed by atoms with Crippen LogP contribution in [0.2, 0.25) is 0 Å². The smallest absolute Gasteiger partial charge is 0.187 e. The number of hydrogen-bond acceptors (Lipinski definition) is 5. The number of ether oxygens (including phenoxy) is 2. The minimum atomic E-state index is -0.221. The van der Waals surface area contributed by atoms with Gasteiger partial charge in [-0.1, -0.05) is 24.3 Å². The van der Waals surface area contributed by atoms with Crippen molar-refractivity contribution in [3.8, 4) is 22.6 Å². The Hall–Kier alpha value is -2.96.